The van der Waals surface area contributed by atoms with Gasteiger partial charge in [0.1, 0.15) is 0 Å². The SMILES string of the molecule is CCNC(CCN1CCCC1(C)C)c1cccc(F)c1F. The molecule has 0 bridgehead atoms. The first-order chi connectivity index (χ1) is 9.95. The first-order valence-electron chi connectivity index (χ1n) is 7.88. The van der Waals surface area contributed by atoms with Gasteiger partial charge in [-0.25, -0.2) is 8.78 Å². The number of halogens is 2. The summed E-state index contributed by atoms with van der Waals surface area (Å²) in [5.74, 6) is -1.49. The van der Waals surface area contributed by atoms with Gasteiger partial charge in [0, 0.05) is 23.7 Å². The number of rotatable bonds is 6. The van der Waals surface area contributed by atoms with Gasteiger partial charge < -0.3 is 5.32 Å². The summed E-state index contributed by atoms with van der Waals surface area (Å²) in [6.07, 6.45) is 3.21. The first-order valence-corrected chi connectivity index (χ1v) is 7.88. The number of hydrogen-bond donors (Lipinski definition) is 1. The Bertz CT molecular complexity index is 474. The van der Waals surface area contributed by atoms with Crippen LogP contribution < -0.4 is 5.32 Å². The summed E-state index contributed by atoms with van der Waals surface area (Å²) in [5.41, 5.74) is 0.658. The molecule has 0 aromatic heterocycles. The fourth-order valence-electron chi connectivity index (χ4n) is 3.27. The van der Waals surface area contributed by atoms with E-state index in [9.17, 15) is 8.78 Å². The molecule has 118 valence electrons. The zero-order valence-corrected chi connectivity index (χ0v) is 13.3. The van der Waals surface area contributed by atoms with Gasteiger partial charge in [0.15, 0.2) is 11.6 Å². The molecule has 1 atom stereocenters. The number of hydrogen-bond acceptors (Lipinski definition) is 2. The number of nitrogens with zero attached hydrogens (tertiary/aromatic N) is 1. The van der Waals surface area contributed by atoms with Crippen molar-refractivity contribution in [2.45, 2.75) is 51.6 Å². The van der Waals surface area contributed by atoms with Crippen molar-refractivity contribution >= 4 is 0 Å². The van der Waals surface area contributed by atoms with Crippen molar-refractivity contribution in [3.05, 3.63) is 35.4 Å². The molecule has 0 amide bonds. The molecule has 0 saturated carbocycles. The lowest BCUT2D eigenvalue weighted by Gasteiger charge is -2.33. The van der Waals surface area contributed by atoms with Crippen LogP contribution in [-0.2, 0) is 0 Å². The van der Waals surface area contributed by atoms with Crippen LogP contribution in [0.2, 0.25) is 0 Å². The van der Waals surface area contributed by atoms with Crippen LogP contribution in [0.15, 0.2) is 18.2 Å². The molecule has 1 aliphatic rings. The van der Waals surface area contributed by atoms with Crippen molar-refractivity contribution in [1.29, 1.82) is 0 Å². The van der Waals surface area contributed by atoms with E-state index in [4.69, 9.17) is 0 Å². The van der Waals surface area contributed by atoms with E-state index in [2.05, 4.69) is 24.1 Å². The maximum absolute atomic E-state index is 14.0. The van der Waals surface area contributed by atoms with E-state index < -0.39 is 11.6 Å². The number of benzene rings is 1. The van der Waals surface area contributed by atoms with Crippen LogP contribution in [0.4, 0.5) is 8.78 Å². The lowest BCUT2D eigenvalue weighted by molar-refractivity contribution is 0.166. The molecule has 1 saturated heterocycles. The Kier molecular flexibility index (Phi) is 5.33. The van der Waals surface area contributed by atoms with E-state index in [0.717, 1.165) is 26.1 Å². The van der Waals surface area contributed by atoms with Crippen LogP contribution in [0.25, 0.3) is 0 Å². The summed E-state index contributed by atoms with van der Waals surface area (Å²) >= 11 is 0. The Labute approximate surface area is 126 Å². The van der Waals surface area contributed by atoms with E-state index in [1.165, 1.54) is 18.9 Å². The maximum Gasteiger partial charge on any atom is 0.163 e. The van der Waals surface area contributed by atoms with Crippen LogP contribution in [0.3, 0.4) is 0 Å². The molecular formula is C17H26F2N2. The molecule has 21 heavy (non-hydrogen) atoms. The zero-order chi connectivity index (χ0) is 15.5. The molecule has 1 aromatic carbocycles. The Morgan fingerprint density at radius 3 is 2.71 bits per heavy atom. The highest BCUT2D eigenvalue weighted by atomic mass is 19.2. The summed E-state index contributed by atoms with van der Waals surface area (Å²) in [6.45, 7) is 9.24. The van der Waals surface area contributed by atoms with Crippen molar-refractivity contribution in [3.8, 4) is 0 Å². The molecule has 0 aliphatic carbocycles. The van der Waals surface area contributed by atoms with Crippen molar-refractivity contribution in [2.75, 3.05) is 19.6 Å². The zero-order valence-electron chi connectivity index (χ0n) is 13.3. The third kappa shape index (κ3) is 3.80. The predicted octanol–water partition coefficient (Wildman–Crippen LogP) is 3.88. The van der Waals surface area contributed by atoms with Crippen molar-refractivity contribution in [2.24, 2.45) is 0 Å². The minimum absolute atomic E-state index is 0.137. The van der Waals surface area contributed by atoms with E-state index in [1.54, 1.807) is 12.1 Å². The van der Waals surface area contributed by atoms with Crippen LogP contribution in [0.5, 0.6) is 0 Å². The molecule has 1 aliphatic heterocycles. The highest BCUT2D eigenvalue weighted by molar-refractivity contribution is 5.22. The predicted molar refractivity (Wildman–Crippen MR) is 82.3 cm³/mol. The van der Waals surface area contributed by atoms with Gasteiger partial charge in [-0.15, -0.1) is 0 Å². The van der Waals surface area contributed by atoms with Gasteiger partial charge >= 0.3 is 0 Å². The van der Waals surface area contributed by atoms with Crippen molar-refractivity contribution < 1.29 is 8.78 Å². The molecule has 1 heterocycles. The largest absolute Gasteiger partial charge is 0.310 e. The first kappa shape index (κ1) is 16.4. The van der Waals surface area contributed by atoms with Gasteiger partial charge in [0.25, 0.3) is 0 Å². The van der Waals surface area contributed by atoms with E-state index in [-0.39, 0.29) is 11.6 Å². The summed E-state index contributed by atoms with van der Waals surface area (Å²) in [7, 11) is 0. The highest BCUT2D eigenvalue weighted by Gasteiger charge is 2.32. The molecular weight excluding hydrogens is 270 g/mol. The quantitative estimate of drug-likeness (QED) is 0.857. The summed E-state index contributed by atoms with van der Waals surface area (Å²) in [4.78, 5) is 2.45. The topological polar surface area (TPSA) is 15.3 Å². The Morgan fingerprint density at radius 2 is 2.10 bits per heavy atom. The third-order valence-corrected chi connectivity index (χ3v) is 4.57. The van der Waals surface area contributed by atoms with Gasteiger partial charge in [-0.3, -0.25) is 4.90 Å². The second kappa shape index (κ2) is 6.84. The molecule has 4 heteroatoms. The van der Waals surface area contributed by atoms with Gasteiger partial charge in [0.2, 0.25) is 0 Å². The monoisotopic (exact) mass is 296 g/mol. The second-order valence-electron chi connectivity index (χ2n) is 6.45. The summed E-state index contributed by atoms with van der Waals surface area (Å²) < 4.78 is 27.4. The van der Waals surface area contributed by atoms with Crippen LogP contribution >= 0.6 is 0 Å². The van der Waals surface area contributed by atoms with Crippen LogP contribution in [0.1, 0.15) is 51.6 Å². The van der Waals surface area contributed by atoms with E-state index in [1.807, 2.05) is 6.92 Å². The minimum Gasteiger partial charge on any atom is -0.310 e. The fourth-order valence-corrected chi connectivity index (χ4v) is 3.27. The van der Waals surface area contributed by atoms with E-state index in [0.29, 0.717) is 5.56 Å². The third-order valence-electron chi connectivity index (χ3n) is 4.57. The molecule has 2 nitrogen and oxygen atoms in total. The smallest absolute Gasteiger partial charge is 0.163 e. The molecule has 1 fully saturated rings. The molecule has 2 rings (SSSR count). The average molecular weight is 296 g/mol. The van der Waals surface area contributed by atoms with Gasteiger partial charge in [-0.05, 0) is 52.3 Å². The molecule has 1 unspecified atom stereocenters. The normalized spacial score (nSPS) is 19.9. The van der Waals surface area contributed by atoms with Gasteiger partial charge in [-0.2, -0.15) is 0 Å². The summed E-state index contributed by atoms with van der Waals surface area (Å²) in [5, 5.41) is 3.28. The minimum atomic E-state index is -0.767. The van der Waals surface area contributed by atoms with Crippen LogP contribution in [-0.4, -0.2) is 30.1 Å². The van der Waals surface area contributed by atoms with E-state index >= 15 is 0 Å². The highest BCUT2D eigenvalue weighted by Crippen LogP contribution is 2.30. The van der Waals surface area contributed by atoms with Crippen molar-refractivity contribution in [3.63, 3.8) is 0 Å². The maximum atomic E-state index is 14.0. The molecule has 1 N–H and O–H groups in total. The standard InChI is InChI=1S/C17H26F2N2/c1-4-20-15(13-7-5-8-14(18)16(13)19)9-12-21-11-6-10-17(21,2)3/h5,7-8,15,20H,4,6,9-12H2,1-3H3. The second-order valence-corrected chi connectivity index (χ2v) is 6.45. The summed E-state index contributed by atoms with van der Waals surface area (Å²) in [6, 6.07) is 4.30. The van der Waals surface area contributed by atoms with Crippen molar-refractivity contribution in [1.82, 2.24) is 10.2 Å². The van der Waals surface area contributed by atoms with Gasteiger partial charge in [0.05, 0.1) is 0 Å². The number of nitrogens with one attached hydrogen (secondary N) is 1. The molecule has 0 spiro atoms. The lowest BCUT2D eigenvalue weighted by atomic mass is 9.99. The molecule has 1 aromatic rings. The Hall–Kier alpha value is -1.00. The average Bonchev–Trinajstić information content (AvgIpc) is 2.77. The van der Waals surface area contributed by atoms with Gasteiger partial charge in [-0.1, -0.05) is 19.1 Å². The fraction of sp³-hybridized carbons (Fsp3) is 0.647. The molecule has 0 radical (unpaired) electrons. The Balaban J connectivity index is 2.07. The number of likely N-dealkylation sites (tertiary alicyclic amines) is 1. The van der Waals surface area contributed by atoms with Crippen LogP contribution in [0, 0.1) is 11.6 Å². The lowest BCUT2D eigenvalue weighted by Crippen LogP contribution is -2.40. The Morgan fingerprint density at radius 1 is 1.33 bits per heavy atom.